The van der Waals surface area contributed by atoms with E-state index in [9.17, 15) is 14.4 Å². The third-order valence-corrected chi connectivity index (χ3v) is 4.43. The van der Waals surface area contributed by atoms with E-state index in [1.165, 1.54) is 6.92 Å². The van der Waals surface area contributed by atoms with Gasteiger partial charge >= 0.3 is 0 Å². The highest BCUT2D eigenvalue weighted by molar-refractivity contribution is 6.37. The zero-order valence-corrected chi connectivity index (χ0v) is 11.0. The lowest BCUT2D eigenvalue weighted by Crippen LogP contribution is -2.54. The predicted molar refractivity (Wildman–Crippen MR) is 67.0 cm³/mol. The largest absolute Gasteiger partial charge is 0.337 e. The van der Waals surface area contributed by atoms with Gasteiger partial charge in [-0.25, -0.2) is 0 Å². The molecule has 0 radical (unpaired) electrons. The van der Waals surface area contributed by atoms with Crippen LogP contribution >= 0.6 is 0 Å². The quantitative estimate of drug-likeness (QED) is 0.774. The van der Waals surface area contributed by atoms with Crippen LogP contribution in [0.2, 0.25) is 0 Å². The molecule has 2 fully saturated rings. The predicted octanol–water partition coefficient (Wildman–Crippen LogP) is 1.76. The smallest absolute Gasteiger partial charge is 0.288 e. The molecular formula is C14H21NO3. The van der Waals surface area contributed by atoms with Gasteiger partial charge in [0.05, 0.1) is 5.54 Å². The first-order valence-corrected chi connectivity index (χ1v) is 6.92. The van der Waals surface area contributed by atoms with Crippen LogP contribution < -0.4 is 5.32 Å². The average Bonchev–Trinajstić information content (AvgIpc) is 2.99. The van der Waals surface area contributed by atoms with Crippen LogP contribution in [0.25, 0.3) is 0 Å². The van der Waals surface area contributed by atoms with Gasteiger partial charge in [0.2, 0.25) is 5.78 Å². The third-order valence-electron chi connectivity index (χ3n) is 4.43. The molecule has 0 aliphatic heterocycles. The second-order valence-electron chi connectivity index (χ2n) is 5.65. The zero-order chi connectivity index (χ0) is 13.2. The highest BCUT2D eigenvalue weighted by Crippen LogP contribution is 2.31. The SMILES string of the molecule is CC(=O)C1(NC(=O)C(=O)C2CCCC2)CCCC1. The Hall–Kier alpha value is -1.19. The molecule has 0 unspecified atom stereocenters. The molecule has 2 aliphatic rings. The van der Waals surface area contributed by atoms with Crippen LogP contribution in [0.3, 0.4) is 0 Å². The van der Waals surface area contributed by atoms with E-state index in [0.717, 1.165) is 38.5 Å². The van der Waals surface area contributed by atoms with Crippen LogP contribution in [-0.2, 0) is 14.4 Å². The van der Waals surface area contributed by atoms with Crippen molar-refractivity contribution in [1.82, 2.24) is 5.32 Å². The summed E-state index contributed by atoms with van der Waals surface area (Å²) in [5.41, 5.74) is -0.759. The summed E-state index contributed by atoms with van der Waals surface area (Å²) in [6, 6.07) is 0. The van der Waals surface area contributed by atoms with E-state index in [4.69, 9.17) is 0 Å². The van der Waals surface area contributed by atoms with Crippen LogP contribution in [-0.4, -0.2) is 23.0 Å². The fraction of sp³-hybridized carbons (Fsp3) is 0.786. The number of ketones is 2. The number of rotatable bonds is 4. The van der Waals surface area contributed by atoms with Crippen molar-refractivity contribution < 1.29 is 14.4 Å². The van der Waals surface area contributed by atoms with Crippen molar-refractivity contribution in [2.24, 2.45) is 5.92 Å². The maximum atomic E-state index is 12.0. The topological polar surface area (TPSA) is 63.2 Å². The van der Waals surface area contributed by atoms with Crippen LogP contribution in [0, 0.1) is 5.92 Å². The summed E-state index contributed by atoms with van der Waals surface area (Å²) in [6.07, 6.45) is 6.93. The first-order chi connectivity index (χ1) is 8.55. The first kappa shape index (κ1) is 13.2. The van der Waals surface area contributed by atoms with E-state index in [-0.39, 0.29) is 17.5 Å². The molecule has 2 saturated carbocycles. The lowest BCUT2D eigenvalue weighted by atomic mass is 9.91. The minimum absolute atomic E-state index is 0.0208. The highest BCUT2D eigenvalue weighted by Gasteiger charge is 2.41. The Bertz CT molecular complexity index is 363. The lowest BCUT2D eigenvalue weighted by Gasteiger charge is -2.27. The minimum atomic E-state index is -0.759. The number of nitrogens with one attached hydrogen (secondary N) is 1. The van der Waals surface area contributed by atoms with Crippen molar-refractivity contribution in [2.75, 3.05) is 0 Å². The van der Waals surface area contributed by atoms with Gasteiger partial charge in [-0.05, 0) is 32.6 Å². The van der Waals surface area contributed by atoms with Gasteiger partial charge in [-0.3, -0.25) is 14.4 Å². The summed E-state index contributed by atoms with van der Waals surface area (Å²) in [7, 11) is 0. The molecule has 0 aromatic carbocycles. The average molecular weight is 251 g/mol. The molecule has 0 atom stereocenters. The Morgan fingerprint density at radius 2 is 1.56 bits per heavy atom. The Labute approximate surface area is 108 Å². The third kappa shape index (κ3) is 2.47. The second kappa shape index (κ2) is 5.21. The van der Waals surface area contributed by atoms with Crippen LogP contribution in [0.15, 0.2) is 0 Å². The van der Waals surface area contributed by atoms with E-state index >= 15 is 0 Å². The number of amides is 1. The van der Waals surface area contributed by atoms with Crippen molar-refractivity contribution in [3.8, 4) is 0 Å². The monoisotopic (exact) mass is 251 g/mol. The molecule has 0 aromatic rings. The van der Waals surface area contributed by atoms with Gasteiger partial charge in [-0.15, -0.1) is 0 Å². The summed E-state index contributed by atoms with van der Waals surface area (Å²) < 4.78 is 0. The van der Waals surface area contributed by atoms with Crippen molar-refractivity contribution in [3.05, 3.63) is 0 Å². The fourth-order valence-corrected chi connectivity index (χ4v) is 3.20. The Morgan fingerprint density at radius 1 is 1.00 bits per heavy atom. The van der Waals surface area contributed by atoms with Gasteiger partial charge in [0, 0.05) is 5.92 Å². The molecule has 2 aliphatic carbocycles. The molecule has 0 heterocycles. The van der Waals surface area contributed by atoms with Crippen LogP contribution in [0.4, 0.5) is 0 Å². The maximum absolute atomic E-state index is 12.0. The lowest BCUT2D eigenvalue weighted by molar-refractivity contribution is -0.142. The van der Waals surface area contributed by atoms with Crippen LogP contribution in [0.1, 0.15) is 58.3 Å². The number of carbonyl (C=O) groups excluding carboxylic acids is 3. The maximum Gasteiger partial charge on any atom is 0.288 e. The molecule has 1 amide bonds. The Morgan fingerprint density at radius 3 is 2.06 bits per heavy atom. The van der Waals surface area contributed by atoms with E-state index in [0.29, 0.717) is 12.8 Å². The summed E-state index contributed by atoms with van der Waals surface area (Å²) in [4.78, 5) is 35.7. The molecular weight excluding hydrogens is 230 g/mol. The number of hydrogen-bond acceptors (Lipinski definition) is 3. The molecule has 0 bridgehead atoms. The van der Waals surface area contributed by atoms with E-state index in [1.807, 2.05) is 0 Å². The van der Waals surface area contributed by atoms with Gasteiger partial charge in [-0.1, -0.05) is 25.7 Å². The molecule has 0 spiro atoms. The fourth-order valence-electron chi connectivity index (χ4n) is 3.20. The van der Waals surface area contributed by atoms with Gasteiger partial charge in [-0.2, -0.15) is 0 Å². The van der Waals surface area contributed by atoms with Crippen molar-refractivity contribution >= 4 is 17.5 Å². The second-order valence-corrected chi connectivity index (χ2v) is 5.65. The van der Waals surface area contributed by atoms with E-state index in [2.05, 4.69) is 5.32 Å². The number of hydrogen-bond donors (Lipinski definition) is 1. The minimum Gasteiger partial charge on any atom is -0.337 e. The van der Waals surface area contributed by atoms with Gasteiger partial charge in [0.15, 0.2) is 5.78 Å². The number of carbonyl (C=O) groups is 3. The van der Waals surface area contributed by atoms with E-state index < -0.39 is 11.4 Å². The number of Topliss-reactive ketones (excluding diaryl/α,β-unsaturated/α-hetero) is 2. The van der Waals surface area contributed by atoms with Gasteiger partial charge in [0.25, 0.3) is 5.91 Å². The molecule has 0 aromatic heterocycles. The van der Waals surface area contributed by atoms with Gasteiger partial charge in [0.1, 0.15) is 0 Å². The summed E-state index contributed by atoms with van der Waals surface area (Å²) >= 11 is 0. The summed E-state index contributed by atoms with van der Waals surface area (Å²) in [6.45, 7) is 1.51. The molecule has 18 heavy (non-hydrogen) atoms. The Kier molecular flexibility index (Phi) is 3.83. The molecule has 2 rings (SSSR count). The molecule has 1 N–H and O–H groups in total. The normalized spacial score (nSPS) is 22.9. The van der Waals surface area contributed by atoms with E-state index in [1.54, 1.807) is 0 Å². The van der Waals surface area contributed by atoms with Gasteiger partial charge < -0.3 is 5.32 Å². The van der Waals surface area contributed by atoms with Crippen molar-refractivity contribution in [3.63, 3.8) is 0 Å². The first-order valence-electron chi connectivity index (χ1n) is 6.92. The molecule has 4 nitrogen and oxygen atoms in total. The Balaban J connectivity index is 2.01. The standard InChI is InChI=1S/C14H21NO3/c1-10(16)14(8-4-5-9-14)15-13(18)12(17)11-6-2-3-7-11/h11H,2-9H2,1H3,(H,15,18). The molecule has 4 heteroatoms. The summed E-state index contributed by atoms with van der Waals surface area (Å²) in [5.74, 6) is -0.998. The summed E-state index contributed by atoms with van der Waals surface area (Å²) in [5, 5.41) is 2.73. The zero-order valence-electron chi connectivity index (χ0n) is 11.0. The van der Waals surface area contributed by atoms with Crippen LogP contribution in [0.5, 0.6) is 0 Å². The molecule has 100 valence electrons. The van der Waals surface area contributed by atoms with Crippen molar-refractivity contribution in [1.29, 1.82) is 0 Å². The molecule has 0 saturated heterocycles. The highest BCUT2D eigenvalue weighted by atomic mass is 16.2. The van der Waals surface area contributed by atoms with Crippen molar-refractivity contribution in [2.45, 2.75) is 63.8 Å².